The van der Waals surface area contributed by atoms with Crippen LogP contribution in [0.4, 0.5) is 5.13 Å². The van der Waals surface area contributed by atoms with E-state index in [0.29, 0.717) is 30.0 Å². The highest BCUT2D eigenvalue weighted by Crippen LogP contribution is 2.26. The SMILES string of the molecule is Cc1nc(NC(=O)CCCC(=O)c2ccccc2)sc1CN1CCC(C)CC1. The Hall–Kier alpha value is -2.05. The minimum absolute atomic E-state index is 0.0760. The lowest BCUT2D eigenvalue weighted by Gasteiger charge is -2.29. The zero-order valence-electron chi connectivity index (χ0n) is 16.7. The van der Waals surface area contributed by atoms with Crippen LogP contribution in [0.25, 0.3) is 0 Å². The quantitative estimate of drug-likeness (QED) is 0.655. The minimum Gasteiger partial charge on any atom is -0.302 e. The van der Waals surface area contributed by atoms with Gasteiger partial charge in [0.2, 0.25) is 5.91 Å². The number of nitrogens with zero attached hydrogens (tertiary/aromatic N) is 2. The molecule has 1 aliphatic heterocycles. The molecule has 0 radical (unpaired) electrons. The highest BCUT2D eigenvalue weighted by Gasteiger charge is 2.18. The number of nitrogens with one attached hydrogen (secondary N) is 1. The van der Waals surface area contributed by atoms with Crippen molar-refractivity contribution in [2.24, 2.45) is 5.92 Å². The molecule has 2 aromatic rings. The largest absolute Gasteiger partial charge is 0.302 e. The summed E-state index contributed by atoms with van der Waals surface area (Å²) in [6, 6.07) is 9.22. The molecule has 150 valence electrons. The third-order valence-electron chi connectivity index (χ3n) is 5.29. The Bertz CT molecular complexity index is 795. The van der Waals surface area contributed by atoms with E-state index in [1.165, 1.54) is 17.7 Å². The molecule has 0 aliphatic carbocycles. The predicted molar refractivity (Wildman–Crippen MR) is 114 cm³/mol. The molecule has 3 rings (SSSR count). The lowest BCUT2D eigenvalue weighted by Crippen LogP contribution is -2.32. The van der Waals surface area contributed by atoms with Crippen molar-refractivity contribution in [2.75, 3.05) is 18.4 Å². The number of anilines is 1. The van der Waals surface area contributed by atoms with E-state index < -0.39 is 0 Å². The Morgan fingerprint density at radius 1 is 1.18 bits per heavy atom. The maximum absolute atomic E-state index is 12.2. The molecule has 6 heteroatoms. The highest BCUT2D eigenvalue weighted by molar-refractivity contribution is 7.15. The van der Waals surface area contributed by atoms with Crippen molar-refractivity contribution in [2.45, 2.75) is 52.5 Å². The summed E-state index contributed by atoms with van der Waals surface area (Å²) < 4.78 is 0. The molecule has 1 saturated heterocycles. The maximum atomic E-state index is 12.2. The fourth-order valence-electron chi connectivity index (χ4n) is 3.41. The Balaban J connectivity index is 1.43. The summed E-state index contributed by atoms with van der Waals surface area (Å²) in [5, 5.41) is 3.56. The molecule has 1 amide bonds. The first-order valence-electron chi connectivity index (χ1n) is 10.1. The first-order chi connectivity index (χ1) is 13.5. The van der Waals surface area contributed by atoms with E-state index in [0.717, 1.165) is 31.2 Å². The number of thiazole rings is 1. The molecule has 1 fully saturated rings. The third kappa shape index (κ3) is 5.97. The van der Waals surface area contributed by atoms with Crippen molar-refractivity contribution < 1.29 is 9.59 Å². The van der Waals surface area contributed by atoms with Crippen molar-refractivity contribution in [3.8, 4) is 0 Å². The molecule has 1 N–H and O–H groups in total. The number of carbonyl (C=O) groups excluding carboxylic acids is 2. The van der Waals surface area contributed by atoms with Gasteiger partial charge in [-0.2, -0.15) is 0 Å². The summed E-state index contributed by atoms with van der Waals surface area (Å²) in [7, 11) is 0. The van der Waals surface area contributed by atoms with Gasteiger partial charge in [-0.3, -0.25) is 14.5 Å². The van der Waals surface area contributed by atoms with E-state index in [1.54, 1.807) is 11.3 Å². The average molecular weight is 400 g/mol. The first-order valence-corrected chi connectivity index (χ1v) is 10.9. The van der Waals surface area contributed by atoms with Gasteiger partial charge in [-0.05, 0) is 45.2 Å². The molecule has 2 heterocycles. The molecular weight excluding hydrogens is 370 g/mol. The van der Waals surface area contributed by atoms with Crippen LogP contribution >= 0.6 is 11.3 Å². The zero-order chi connectivity index (χ0) is 19.9. The lowest BCUT2D eigenvalue weighted by molar-refractivity contribution is -0.116. The molecule has 0 bridgehead atoms. The molecule has 1 aromatic carbocycles. The van der Waals surface area contributed by atoms with E-state index >= 15 is 0 Å². The topological polar surface area (TPSA) is 62.3 Å². The molecular formula is C22H29N3O2S. The normalized spacial score (nSPS) is 15.5. The van der Waals surface area contributed by atoms with Gasteiger partial charge in [0.15, 0.2) is 10.9 Å². The predicted octanol–water partition coefficient (Wildman–Crippen LogP) is 4.68. The van der Waals surface area contributed by atoms with E-state index in [-0.39, 0.29) is 11.7 Å². The van der Waals surface area contributed by atoms with E-state index in [2.05, 4.69) is 22.1 Å². The molecule has 5 nitrogen and oxygen atoms in total. The standard InChI is InChI=1S/C22H29N3O2S/c1-16-11-13-25(14-12-16)15-20-17(2)23-22(28-20)24-21(27)10-6-9-19(26)18-7-4-3-5-8-18/h3-5,7-8,16H,6,9-15H2,1-2H3,(H,23,24,27). The number of rotatable bonds is 8. The van der Waals surface area contributed by atoms with Crippen LogP contribution in [0, 0.1) is 12.8 Å². The van der Waals surface area contributed by atoms with Gasteiger partial charge < -0.3 is 5.32 Å². The van der Waals surface area contributed by atoms with Crippen molar-refractivity contribution in [1.82, 2.24) is 9.88 Å². The fraction of sp³-hybridized carbons (Fsp3) is 0.500. The van der Waals surface area contributed by atoms with Gasteiger partial charge in [0.05, 0.1) is 5.69 Å². The summed E-state index contributed by atoms with van der Waals surface area (Å²) in [5.41, 5.74) is 1.70. The number of likely N-dealkylation sites (tertiary alicyclic amines) is 1. The smallest absolute Gasteiger partial charge is 0.226 e. The maximum Gasteiger partial charge on any atom is 0.226 e. The van der Waals surface area contributed by atoms with Crippen LogP contribution in [0.5, 0.6) is 0 Å². The number of aromatic nitrogens is 1. The number of aryl methyl sites for hydroxylation is 1. The van der Waals surface area contributed by atoms with Crippen molar-refractivity contribution >= 4 is 28.2 Å². The monoisotopic (exact) mass is 399 g/mol. The number of hydrogen-bond donors (Lipinski definition) is 1. The summed E-state index contributed by atoms with van der Waals surface area (Å²) in [4.78, 5) is 32.5. The molecule has 1 aromatic heterocycles. The Kier molecular flexibility index (Phi) is 7.34. The summed E-state index contributed by atoms with van der Waals surface area (Å²) in [6.45, 7) is 7.51. The van der Waals surface area contributed by atoms with Crippen LogP contribution in [0.2, 0.25) is 0 Å². The molecule has 28 heavy (non-hydrogen) atoms. The number of Topliss-reactive ketones (excluding diaryl/α,β-unsaturated/α-hetero) is 1. The second-order valence-electron chi connectivity index (χ2n) is 7.68. The minimum atomic E-state index is -0.0760. The van der Waals surface area contributed by atoms with Crippen LogP contribution in [-0.4, -0.2) is 34.7 Å². The number of piperidine rings is 1. The summed E-state index contributed by atoms with van der Waals surface area (Å²) in [6.07, 6.45) is 3.76. The second-order valence-corrected chi connectivity index (χ2v) is 8.76. The van der Waals surface area contributed by atoms with Crippen LogP contribution < -0.4 is 5.32 Å². The van der Waals surface area contributed by atoms with Gasteiger partial charge in [-0.25, -0.2) is 4.98 Å². The first kappa shape index (κ1) is 20.7. The van der Waals surface area contributed by atoms with Crippen LogP contribution in [0.15, 0.2) is 30.3 Å². The Morgan fingerprint density at radius 2 is 1.89 bits per heavy atom. The molecule has 0 atom stereocenters. The van der Waals surface area contributed by atoms with Gasteiger partial charge in [0.25, 0.3) is 0 Å². The third-order valence-corrected chi connectivity index (χ3v) is 6.34. The summed E-state index contributed by atoms with van der Waals surface area (Å²) in [5.74, 6) is 0.826. The number of ketones is 1. The van der Waals surface area contributed by atoms with E-state index in [9.17, 15) is 9.59 Å². The van der Waals surface area contributed by atoms with Crippen molar-refractivity contribution in [1.29, 1.82) is 0 Å². The number of amides is 1. The average Bonchev–Trinajstić information content (AvgIpc) is 3.03. The van der Waals surface area contributed by atoms with Crippen molar-refractivity contribution in [3.63, 3.8) is 0 Å². The van der Waals surface area contributed by atoms with Crippen LogP contribution in [0.3, 0.4) is 0 Å². The molecule has 0 unspecified atom stereocenters. The Morgan fingerprint density at radius 3 is 2.61 bits per heavy atom. The van der Waals surface area contributed by atoms with Gasteiger partial charge >= 0.3 is 0 Å². The lowest BCUT2D eigenvalue weighted by atomic mass is 9.99. The second kappa shape index (κ2) is 9.94. The number of benzene rings is 1. The zero-order valence-corrected chi connectivity index (χ0v) is 17.6. The van der Waals surface area contributed by atoms with Gasteiger partial charge in [0.1, 0.15) is 0 Å². The number of carbonyl (C=O) groups is 2. The Labute approximate surface area is 171 Å². The van der Waals surface area contributed by atoms with Crippen molar-refractivity contribution in [3.05, 3.63) is 46.5 Å². The summed E-state index contributed by atoms with van der Waals surface area (Å²) >= 11 is 1.57. The molecule has 0 saturated carbocycles. The van der Waals surface area contributed by atoms with E-state index in [1.807, 2.05) is 37.3 Å². The highest BCUT2D eigenvalue weighted by atomic mass is 32.1. The molecule has 1 aliphatic rings. The van der Waals surface area contributed by atoms with Gasteiger partial charge in [-0.15, -0.1) is 11.3 Å². The number of hydrogen-bond acceptors (Lipinski definition) is 5. The van der Waals surface area contributed by atoms with Gasteiger partial charge in [0, 0.05) is 29.8 Å². The molecule has 0 spiro atoms. The fourth-order valence-corrected chi connectivity index (χ4v) is 4.43. The van der Waals surface area contributed by atoms with Gasteiger partial charge in [-0.1, -0.05) is 37.3 Å². The van der Waals surface area contributed by atoms with Crippen LogP contribution in [0.1, 0.15) is 60.0 Å². The van der Waals surface area contributed by atoms with E-state index in [4.69, 9.17) is 0 Å². The van der Waals surface area contributed by atoms with Crippen LogP contribution in [-0.2, 0) is 11.3 Å².